The molecule has 0 fully saturated rings. The maximum atomic E-state index is 5.62. The minimum Gasteiger partial charge on any atom is -0.493 e. The van der Waals surface area contributed by atoms with Gasteiger partial charge in [-0.1, -0.05) is 0 Å². The Balaban J connectivity index is 2.06. The molecule has 0 saturated heterocycles. The van der Waals surface area contributed by atoms with E-state index in [9.17, 15) is 0 Å². The summed E-state index contributed by atoms with van der Waals surface area (Å²) in [5, 5.41) is 0. The fourth-order valence-electron chi connectivity index (χ4n) is 2.20. The second kappa shape index (κ2) is 4.69. The molecule has 0 aliphatic carbocycles. The molecule has 92 valence electrons. The van der Waals surface area contributed by atoms with Gasteiger partial charge in [-0.15, -0.1) is 0 Å². The first kappa shape index (κ1) is 11.7. The van der Waals surface area contributed by atoms with Crippen molar-refractivity contribution in [3.05, 3.63) is 40.3 Å². The standard InChI is InChI=1S/C14H13BrN2O/c1-9-7-12(17-14(15)16-9)10-4-5-13-11(8-10)3-2-6-18-13/h4-5,7-8H,2-3,6H2,1H3. The molecule has 1 aromatic carbocycles. The molecule has 4 heteroatoms. The van der Waals surface area contributed by atoms with E-state index in [1.807, 2.05) is 19.1 Å². The Labute approximate surface area is 114 Å². The predicted octanol–water partition coefficient (Wildman–Crippen LogP) is 3.54. The SMILES string of the molecule is Cc1cc(-c2ccc3c(c2)CCCO3)nc(Br)n1. The highest BCUT2D eigenvalue weighted by Crippen LogP contribution is 2.29. The van der Waals surface area contributed by atoms with E-state index >= 15 is 0 Å². The van der Waals surface area contributed by atoms with Crippen LogP contribution in [0.25, 0.3) is 11.3 Å². The van der Waals surface area contributed by atoms with Crippen molar-refractivity contribution in [1.29, 1.82) is 0 Å². The molecule has 2 aromatic rings. The first-order valence-electron chi connectivity index (χ1n) is 6.00. The molecule has 0 atom stereocenters. The highest BCUT2D eigenvalue weighted by molar-refractivity contribution is 9.10. The molecule has 3 nitrogen and oxygen atoms in total. The summed E-state index contributed by atoms with van der Waals surface area (Å²) >= 11 is 3.34. The summed E-state index contributed by atoms with van der Waals surface area (Å²) in [5.41, 5.74) is 4.29. The Morgan fingerprint density at radius 1 is 1.22 bits per heavy atom. The summed E-state index contributed by atoms with van der Waals surface area (Å²) < 4.78 is 6.25. The lowest BCUT2D eigenvalue weighted by Crippen LogP contribution is -2.08. The summed E-state index contributed by atoms with van der Waals surface area (Å²) in [6.07, 6.45) is 2.16. The molecule has 1 aliphatic heterocycles. The van der Waals surface area contributed by atoms with Crippen LogP contribution in [0.15, 0.2) is 29.0 Å². The van der Waals surface area contributed by atoms with Gasteiger partial charge < -0.3 is 4.74 Å². The van der Waals surface area contributed by atoms with Gasteiger partial charge in [-0.05, 0) is 65.5 Å². The van der Waals surface area contributed by atoms with Crippen LogP contribution in [0.5, 0.6) is 5.75 Å². The van der Waals surface area contributed by atoms with E-state index in [2.05, 4.69) is 38.0 Å². The van der Waals surface area contributed by atoms with Gasteiger partial charge in [0, 0.05) is 11.3 Å². The third kappa shape index (κ3) is 2.25. The minimum atomic E-state index is 0.631. The number of fused-ring (bicyclic) bond motifs is 1. The zero-order valence-electron chi connectivity index (χ0n) is 10.1. The summed E-state index contributed by atoms with van der Waals surface area (Å²) in [7, 11) is 0. The molecule has 0 bridgehead atoms. The van der Waals surface area contributed by atoms with Gasteiger partial charge in [-0.25, -0.2) is 9.97 Å². The van der Waals surface area contributed by atoms with E-state index in [-0.39, 0.29) is 0 Å². The van der Waals surface area contributed by atoms with Crippen molar-refractivity contribution in [2.75, 3.05) is 6.61 Å². The fraction of sp³-hybridized carbons (Fsp3) is 0.286. The molecular formula is C14H13BrN2O. The van der Waals surface area contributed by atoms with Crippen LogP contribution in [-0.2, 0) is 6.42 Å². The van der Waals surface area contributed by atoms with Crippen molar-refractivity contribution in [1.82, 2.24) is 9.97 Å². The van der Waals surface area contributed by atoms with Gasteiger partial charge >= 0.3 is 0 Å². The maximum Gasteiger partial charge on any atom is 0.197 e. The van der Waals surface area contributed by atoms with Crippen LogP contribution in [0, 0.1) is 6.92 Å². The molecule has 0 saturated carbocycles. The molecule has 18 heavy (non-hydrogen) atoms. The normalized spacial score (nSPS) is 13.9. The molecule has 0 spiro atoms. The van der Waals surface area contributed by atoms with Crippen molar-refractivity contribution in [2.45, 2.75) is 19.8 Å². The summed E-state index contributed by atoms with van der Waals surface area (Å²) in [6, 6.07) is 8.26. The topological polar surface area (TPSA) is 35.0 Å². The Morgan fingerprint density at radius 3 is 2.94 bits per heavy atom. The second-order valence-electron chi connectivity index (χ2n) is 4.44. The second-order valence-corrected chi connectivity index (χ2v) is 5.15. The van der Waals surface area contributed by atoms with E-state index in [0.717, 1.165) is 42.1 Å². The Hall–Kier alpha value is -1.42. The van der Waals surface area contributed by atoms with Crippen LogP contribution < -0.4 is 4.74 Å². The zero-order chi connectivity index (χ0) is 12.5. The van der Waals surface area contributed by atoms with Gasteiger partial charge in [-0.3, -0.25) is 0 Å². The van der Waals surface area contributed by atoms with Gasteiger partial charge in [0.1, 0.15) is 5.75 Å². The fourth-order valence-corrected chi connectivity index (χ4v) is 2.67. The van der Waals surface area contributed by atoms with Crippen LogP contribution in [0.1, 0.15) is 17.7 Å². The molecule has 1 aromatic heterocycles. The van der Waals surface area contributed by atoms with Crippen LogP contribution in [0.4, 0.5) is 0 Å². The van der Waals surface area contributed by atoms with Gasteiger partial charge in [0.15, 0.2) is 4.73 Å². The average molecular weight is 305 g/mol. The van der Waals surface area contributed by atoms with E-state index < -0.39 is 0 Å². The van der Waals surface area contributed by atoms with Gasteiger partial charge in [0.05, 0.1) is 12.3 Å². The van der Waals surface area contributed by atoms with Crippen molar-refractivity contribution < 1.29 is 4.74 Å². The Morgan fingerprint density at radius 2 is 2.11 bits per heavy atom. The quantitative estimate of drug-likeness (QED) is 0.756. The number of hydrogen-bond donors (Lipinski definition) is 0. The number of benzene rings is 1. The number of aryl methyl sites for hydroxylation is 2. The van der Waals surface area contributed by atoms with Crippen LogP contribution >= 0.6 is 15.9 Å². The molecule has 0 N–H and O–H groups in total. The monoisotopic (exact) mass is 304 g/mol. The lowest BCUT2D eigenvalue weighted by molar-refractivity contribution is 0.288. The third-order valence-corrected chi connectivity index (χ3v) is 3.39. The van der Waals surface area contributed by atoms with Crippen LogP contribution in [0.3, 0.4) is 0 Å². The Kier molecular flexibility index (Phi) is 3.04. The van der Waals surface area contributed by atoms with Crippen molar-refractivity contribution in [3.8, 4) is 17.0 Å². The average Bonchev–Trinajstić information content (AvgIpc) is 2.37. The molecule has 3 rings (SSSR count). The van der Waals surface area contributed by atoms with Crippen LogP contribution in [0.2, 0.25) is 0 Å². The lowest BCUT2D eigenvalue weighted by Gasteiger charge is -2.17. The van der Waals surface area contributed by atoms with E-state index in [0.29, 0.717) is 4.73 Å². The van der Waals surface area contributed by atoms with Crippen molar-refractivity contribution in [2.24, 2.45) is 0 Å². The lowest BCUT2D eigenvalue weighted by atomic mass is 10.0. The highest BCUT2D eigenvalue weighted by atomic mass is 79.9. The maximum absolute atomic E-state index is 5.62. The van der Waals surface area contributed by atoms with E-state index in [1.54, 1.807) is 0 Å². The number of rotatable bonds is 1. The largest absolute Gasteiger partial charge is 0.493 e. The number of hydrogen-bond acceptors (Lipinski definition) is 3. The van der Waals surface area contributed by atoms with Crippen molar-refractivity contribution >= 4 is 15.9 Å². The van der Waals surface area contributed by atoms with Gasteiger partial charge in [0.2, 0.25) is 0 Å². The molecule has 2 heterocycles. The smallest absolute Gasteiger partial charge is 0.197 e. The molecule has 0 unspecified atom stereocenters. The number of halogens is 1. The molecule has 0 amide bonds. The van der Waals surface area contributed by atoms with Gasteiger partial charge in [-0.2, -0.15) is 0 Å². The van der Waals surface area contributed by atoms with E-state index in [4.69, 9.17) is 4.74 Å². The summed E-state index contributed by atoms with van der Waals surface area (Å²) in [6.45, 7) is 2.79. The van der Waals surface area contributed by atoms with Crippen molar-refractivity contribution in [3.63, 3.8) is 0 Å². The Bertz CT molecular complexity index is 578. The zero-order valence-corrected chi connectivity index (χ0v) is 11.7. The number of aromatic nitrogens is 2. The summed E-state index contributed by atoms with van der Waals surface area (Å²) in [4.78, 5) is 8.65. The number of ether oxygens (including phenoxy) is 1. The third-order valence-electron chi connectivity index (χ3n) is 3.03. The van der Waals surface area contributed by atoms with Gasteiger partial charge in [0.25, 0.3) is 0 Å². The van der Waals surface area contributed by atoms with E-state index in [1.165, 1.54) is 5.56 Å². The van der Waals surface area contributed by atoms with Crippen LogP contribution in [-0.4, -0.2) is 16.6 Å². The summed E-state index contributed by atoms with van der Waals surface area (Å²) in [5.74, 6) is 1.01. The minimum absolute atomic E-state index is 0.631. The highest BCUT2D eigenvalue weighted by Gasteiger charge is 2.12. The molecule has 1 aliphatic rings. The first-order valence-corrected chi connectivity index (χ1v) is 6.79. The number of nitrogens with zero attached hydrogens (tertiary/aromatic N) is 2. The predicted molar refractivity (Wildman–Crippen MR) is 73.7 cm³/mol. The molecule has 0 radical (unpaired) electrons. The molecular weight excluding hydrogens is 292 g/mol. The first-order chi connectivity index (χ1) is 8.72.